The van der Waals surface area contributed by atoms with Crippen molar-refractivity contribution >= 4 is 66.6 Å². The van der Waals surface area contributed by atoms with Crippen LogP contribution in [-0.4, -0.2) is 19.1 Å². The number of fused-ring (bicyclic) bond motifs is 7. The second-order valence-electron chi connectivity index (χ2n) is 7.43. The Hall–Kier alpha value is -3.26. The molecule has 0 bridgehead atoms. The summed E-state index contributed by atoms with van der Waals surface area (Å²) in [5.41, 5.74) is 4.67. The maximum atomic E-state index is 5.75. The zero-order chi connectivity index (χ0) is 18.9. The standard InChI is InChI=1S/C26H15NOSe/c1-3-9-21-17(6-1)20-14-16-12-13-28-24(16)15-23(20)27(21)22-10-5-8-19-18-7-2-4-11-25(18)29-26(19)22/h1-15H. The van der Waals surface area contributed by atoms with Gasteiger partial charge < -0.3 is 0 Å². The van der Waals surface area contributed by atoms with E-state index in [0.717, 1.165) is 11.0 Å². The molecule has 3 heteroatoms. The molecule has 0 unspecified atom stereocenters. The van der Waals surface area contributed by atoms with Crippen molar-refractivity contribution in [2.75, 3.05) is 0 Å². The molecular weight excluding hydrogens is 421 g/mol. The Morgan fingerprint density at radius 1 is 0.655 bits per heavy atom. The van der Waals surface area contributed by atoms with Gasteiger partial charge in [0.1, 0.15) is 0 Å². The summed E-state index contributed by atoms with van der Waals surface area (Å²) in [4.78, 5) is 0. The van der Waals surface area contributed by atoms with E-state index in [1.807, 2.05) is 6.07 Å². The summed E-state index contributed by atoms with van der Waals surface area (Å²) in [6, 6.07) is 30.8. The van der Waals surface area contributed by atoms with Crippen molar-refractivity contribution in [3.05, 3.63) is 91.2 Å². The van der Waals surface area contributed by atoms with Crippen LogP contribution in [0, 0.1) is 0 Å². The molecular formula is C26H15NOSe. The number of aromatic nitrogens is 1. The molecule has 0 fully saturated rings. The molecule has 3 heterocycles. The average molecular weight is 436 g/mol. The predicted octanol–water partition coefficient (Wildman–Crippen LogP) is 6.89. The van der Waals surface area contributed by atoms with Gasteiger partial charge in [0.2, 0.25) is 0 Å². The number of furan rings is 1. The zero-order valence-corrected chi connectivity index (χ0v) is 17.1. The van der Waals surface area contributed by atoms with Crippen molar-refractivity contribution in [1.82, 2.24) is 4.57 Å². The second-order valence-corrected chi connectivity index (χ2v) is 9.64. The fourth-order valence-electron chi connectivity index (χ4n) is 4.59. The fourth-order valence-corrected chi connectivity index (χ4v) is 7.12. The van der Waals surface area contributed by atoms with Gasteiger partial charge in [0.15, 0.2) is 0 Å². The third-order valence-electron chi connectivity index (χ3n) is 5.87. The Morgan fingerprint density at radius 2 is 1.48 bits per heavy atom. The van der Waals surface area contributed by atoms with Crippen LogP contribution < -0.4 is 0 Å². The fraction of sp³-hybridized carbons (Fsp3) is 0. The zero-order valence-electron chi connectivity index (χ0n) is 15.4. The van der Waals surface area contributed by atoms with E-state index in [1.54, 1.807) is 6.26 Å². The summed E-state index contributed by atoms with van der Waals surface area (Å²) >= 11 is 0.301. The molecule has 2 nitrogen and oxygen atoms in total. The van der Waals surface area contributed by atoms with Gasteiger partial charge in [-0.25, -0.2) is 0 Å². The van der Waals surface area contributed by atoms with Gasteiger partial charge in [-0.3, -0.25) is 0 Å². The third kappa shape index (κ3) is 2.06. The molecule has 0 aliphatic carbocycles. The molecule has 7 rings (SSSR count). The van der Waals surface area contributed by atoms with Gasteiger partial charge in [-0.1, -0.05) is 0 Å². The molecule has 0 amide bonds. The van der Waals surface area contributed by atoms with E-state index in [1.165, 1.54) is 46.8 Å². The topological polar surface area (TPSA) is 18.1 Å². The van der Waals surface area contributed by atoms with E-state index in [-0.39, 0.29) is 0 Å². The normalized spacial score (nSPS) is 12.1. The molecule has 0 aliphatic rings. The van der Waals surface area contributed by atoms with Crippen molar-refractivity contribution in [2.45, 2.75) is 0 Å². The monoisotopic (exact) mass is 437 g/mol. The molecule has 0 saturated heterocycles. The Bertz CT molecular complexity index is 1710. The minimum absolute atomic E-state index is 0.301. The number of hydrogen-bond donors (Lipinski definition) is 0. The average Bonchev–Trinajstić information content (AvgIpc) is 3.45. The van der Waals surface area contributed by atoms with Crippen molar-refractivity contribution in [2.24, 2.45) is 0 Å². The van der Waals surface area contributed by atoms with Gasteiger partial charge in [-0.2, -0.15) is 0 Å². The summed E-state index contributed by atoms with van der Waals surface area (Å²) in [5.74, 6) is 0. The van der Waals surface area contributed by atoms with Crippen LogP contribution in [0.15, 0.2) is 95.6 Å². The number of hydrogen-bond acceptors (Lipinski definition) is 1. The van der Waals surface area contributed by atoms with Crippen molar-refractivity contribution in [3.8, 4) is 5.69 Å². The summed E-state index contributed by atoms with van der Waals surface area (Å²) < 4.78 is 11.1. The van der Waals surface area contributed by atoms with Gasteiger partial charge in [-0.05, 0) is 0 Å². The van der Waals surface area contributed by atoms with E-state index in [4.69, 9.17) is 4.42 Å². The van der Waals surface area contributed by atoms with Crippen molar-refractivity contribution in [3.63, 3.8) is 0 Å². The van der Waals surface area contributed by atoms with E-state index in [9.17, 15) is 0 Å². The Morgan fingerprint density at radius 3 is 2.45 bits per heavy atom. The molecule has 0 radical (unpaired) electrons. The summed E-state index contributed by atoms with van der Waals surface area (Å²) in [6.45, 7) is 0. The summed E-state index contributed by atoms with van der Waals surface area (Å²) in [6.07, 6.45) is 1.77. The summed E-state index contributed by atoms with van der Waals surface area (Å²) in [7, 11) is 0. The van der Waals surface area contributed by atoms with Crippen LogP contribution in [0.5, 0.6) is 0 Å². The van der Waals surface area contributed by atoms with E-state index in [0.29, 0.717) is 14.5 Å². The first-order valence-corrected chi connectivity index (χ1v) is 11.4. The van der Waals surface area contributed by atoms with Crippen LogP contribution in [0.25, 0.3) is 57.8 Å². The van der Waals surface area contributed by atoms with Gasteiger partial charge in [0.25, 0.3) is 0 Å². The van der Waals surface area contributed by atoms with Crippen molar-refractivity contribution < 1.29 is 4.42 Å². The van der Waals surface area contributed by atoms with Crippen LogP contribution in [-0.2, 0) is 0 Å². The van der Waals surface area contributed by atoms with Gasteiger partial charge >= 0.3 is 172 Å². The SMILES string of the molecule is c1ccc2c(c1)[se]c1c(-n3c4ccccc4c4cc5ccoc5cc43)cccc12. The molecule has 0 aliphatic heterocycles. The van der Waals surface area contributed by atoms with Crippen molar-refractivity contribution in [1.29, 1.82) is 0 Å². The maximum absolute atomic E-state index is 5.75. The third-order valence-corrected chi connectivity index (χ3v) is 8.41. The second kappa shape index (κ2) is 5.64. The number of benzene rings is 4. The number of rotatable bonds is 1. The van der Waals surface area contributed by atoms with Crippen LogP contribution in [0.2, 0.25) is 0 Å². The van der Waals surface area contributed by atoms with Gasteiger partial charge in [0, 0.05) is 0 Å². The molecule has 7 aromatic rings. The molecule has 3 aromatic heterocycles. The minimum atomic E-state index is 0.301. The molecule has 136 valence electrons. The first-order valence-electron chi connectivity index (χ1n) is 9.69. The summed E-state index contributed by atoms with van der Waals surface area (Å²) in [5, 5.41) is 6.47. The molecule has 0 spiro atoms. The van der Waals surface area contributed by atoms with Crippen LogP contribution >= 0.6 is 0 Å². The quantitative estimate of drug-likeness (QED) is 0.256. The van der Waals surface area contributed by atoms with Crippen LogP contribution in [0.3, 0.4) is 0 Å². The Kier molecular flexibility index (Phi) is 3.04. The Balaban J connectivity index is 1.71. The molecule has 0 saturated carbocycles. The first-order chi connectivity index (χ1) is 14.4. The number of para-hydroxylation sites is 1. The van der Waals surface area contributed by atoms with E-state index >= 15 is 0 Å². The Labute approximate surface area is 172 Å². The molecule has 0 N–H and O–H groups in total. The molecule has 4 aromatic carbocycles. The van der Waals surface area contributed by atoms with Crippen LogP contribution in [0.1, 0.15) is 0 Å². The molecule has 29 heavy (non-hydrogen) atoms. The molecule has 0 atom stereocenters. The first kappa shape index (κ1) is 15.6. The van der Waals surface area contributed by atoms with Crippen LogP contribution in [0.4, 0.5) is 0 Å². The van der Waals surface area contributed by atoms with Gasteiger partial charge in [0.05, 0.1) is 0 Å². The van der Waals surface area contributed by atoms with E-state index < -0.39 is 0 Å². The van der Waals surface area contributed by atoms with E-state index in [2.05, 4.69) is 83.4 Å². The predicted molar refractivity (Wildman–Crippen MR) is 123 cm³/mol. The van der Waals surface area contributed by atoms with Gasteiger partial charge in [-0.15, -0.1) is 0 Å². The number of nitrogens with zero attached hydrogens (tertiary/aromatic N) is 1.